The molecule has 0 atom stereocenters. The number of halogens is 2. The monoisotopic (exact) mass is 520 g/mol. The summed E-state index contributed by atoms with van der Waals surface area (Å²) in [5, 5.41) is 4.95. The summed E-state index contributed by atoms with van der Waals surface area (Å²) >= 11 is 9.89. The fourth-order valence-electron chi connectivity index (χ4n) is 2.43. The maximum atomic E-state index is 12.3. The lowest BCUT2D eigenvalue weighted by Crippen LogP contribution is -2.19. The Labute approximate surface area is 187 Å². The Hall–Kier alpha value is -1.83. The number of hydrazone groups is 1. The molecule has 0 aliphatic rings. The van der Waals surface area contributed by atoms with Crippen LogP contribution in [0.1, 0.15) is 28.4 Å². The van der Waals surface area contributed by atoms with E-state index in [0.717, 1.165) is 36.1 Å². The van der Waals surface area contributed by atoms with Crippen LogP contribution in [-0.4, -0.2) is 11.6 Å². The number of amides is 1. The molecule has 0 bridgehead atoms. The average Bonchev–Trinajstić information content (AvgIpc) is 2.71. The summed E-state index contributed by atoms with van der Waals surface area (Å²) in [6, 6.07) is 23.3. The van der Waals surface area contributed by atoms with Crippen molar-refractivity contribution >= 4 is 57.6 Å². The van der Waals surface area contributed by atoms with E-state index in [-0.39, 0.29) is 5.91 Å². The van der Waals surface area contributed by atoms with Gasteiger partial charge in [-0.05, 0) is 89.2 Å². The molecule has 3 aromatic rings. The minimum Gasteiger partial charge on any atom is -0.267 e. The Kier molecular flexibility index (Phi) is 7.53. The van der Waals surface area contributed by atoms with E-state index >= 15 is 0 Å². The van der Waals surface area contributed by atoms with Gasteiger partial charge in [-0.3, -0.25) is 4.79 Å². The van der Waals surface area contributed by atoms with Gasteiger partial charge in [0.15, 0.2) is 0 Å². The van der Waals surface area contributed by atoms with E-state index in [0.29, 0.717) is 5.56 Å². The zero-order valence-electron chi connectivity index (χ0n) is 15.2. The molecule has 0 aliphatic carbocycles. The number of nitrogens with one attached hydrogen (secondary N) is 1. The normalized spacial score (nSPS) is 11.3. The Bertz CT molecular complexity index is 988. The van der Waals surface area contributed by atoms with Crippen LogP contribution in [0.5, 0.6) is 0 Å². The van der Waals surface area contributed by atoms with Crippen LogP contribution in [0.3, 0.4) is 0 Å². The van der Waals surface area contributed by atoms with E-state index in [1.165, 1.54) is 0 Å². The molecular formula is C22H18ClIN2OS. The van der Waals surface area contributed by atoms with Gasteiger partial charge in [-0.1, -0.05) is 35.9 Å². The zero-order chi connectivity index (χ0) is 19.9. The summed E-state index contributed by atoms with van der Waals surface area (Å²) in [4.78, 5) is 13.5. The predicted octanol–water partition coefficient (Wildman–Crippen LogP) is 6.39. The van der Waals surface area contributed by atoms with Gasteiger partial charge >= 0.3 is 0 Å². The van der Waals surface area contributed by atoms with Crippen LogP contribution in [0.25, 0.3) is 0 Å². The van der Waals surface area contributed by atoms with Crippen molar-refractivity contribution in [1.82, 2.24) is 5.43 Å². The largest absolute Gasteiger partial charge is 0.271 e. The van der Waals surface area contributed by atoms with E-state index < -0.39 is 0 Å². The summed E-state index contributed by atoms with van der Waals surface area (Å²) in [5.74, 6) is 0.606. The van der Waals surface area contributed by atoms with Gasteiger partial charge in [0.25, 0.3) is 5.91 Å². The summed E-state index contributed by atoms with van der Waals surface area (Å²) in [5.41, 5.74) is 6.11. The molecule has 0 unspecified atom stereocenters. The third-order valence-electron chi connectivity index (χ3n) is 4.00. The molecule has 1 N–H and O–H groups in total. The highest BCUT2D eigenvalue weighted by Crippen LogP contribution is 2.24. The summed E-state index contributed by atoms with van der Waals surface area (Å²) < 4.78 is 1.13. The highest BCUT2D eigenvalue weighted by molar-refractivity contribution is 14.1. The zero-order valence-corrected chi connectivity index (χ0v) is 18.9. The Morgan fingerprint density at radius 1 is 1.04 bits per heavy atom. The standard InChI is InChI=1S/C22H18ClIN2OS/c1-15(18-3-2-4-20(24)13-18)25-26-22(27)17-7-5-16(6-8-17)14-28-21-11-9-19(23)10-12-21/h2-13H,14H2,1H3,(H,26,27)/b25-15-. The molecule has 1 amide bonds. The maximum Gasteiger partial charge on any atom is 0.271 e. The minimum absolute atomic E-state index is 0.220. The van der Waals surface area contributed by atoms with Crippen LogP contribution in [0.2, 0.25) is 5.02 Å². The van der Waals surface area contributed by atoms with Crippen LogP contribution in [0.4, 0.5) is 0 Å². The van der Waals surface area contributed by atoms with E-state index in [4.69, 9.17) is 11.6 Å². The molecule has 0 radical (unpaired) electrons. The molecule has 0 aliphatic heterocycles. The molecule has 0 fully saturated rings. The number of carbonyl (C=O) groups excluding carboxylic acids is 1. The molecule has 6 heteroatoms. The molecule has 142 valence electrons. The molecule has 3 nitrogen and oxygen atoms in total. The smallest absolute Gasteiger partial charge is 0.267 e. The van der Waals surface area contributed by atoms with Crippen molar-refractivity contribution in [2.45, 2.75) is 17.6 Å². The average molecular weight is 521 g/mol. The highest BCUT2D eigenvalue weighted by Gasteiger charge is 2.06. The first kappa shape index (κ1) is 20.9. The van der Waals surface area contributed by atoms with Crippen LogP contribution in [-0.2, 0) is 5.75 Å². The molecule has 0 aromatic heterocycles. The number of hydrogen-bond donors (Lipinski definition) is 1. The Balaban J connectivity index is 1.57. The second kappa shape index (κ2) is 10.1. The Morgan fingerprint density at radius 3 is 2.43 bits per heavy atom. The lowest BCUT2D eigenvalue weighted by Gasteiger charge is -2.05. The predicted molar refractivity (Wildman–Crippen MR) is 126 cm³/mol. The highest BCUT2D eigenvalue weighted by atomic mass is 127. The molecule has 0 spiro atoms. The Morgan fingerprint density at radius 2 is 1.75 bits per heavy atom. The van der Waals surface area contributed by atoms with Gasteiger partial charge in [0, 0.05) is 24.8 Å². The lowest BCUT2D eigenvalue weighted by molar-refractivity contribution is 0.0955. The molecular weight excluding hydrogens is 503 g/mol. The third-order valence-corrected chi connectivity index (χ3v) is 6.01. The fourth-order valence-corrected chi connectivity index (χ4v) is 3.95. The third kappa shape index (κ3) is 6.09. The van der Waals surface area contributed by atoms with Gasteiger partial charge in [0.05, 0.1) is 5.71 Å². The van der Waals surface area contributed by atoms with Gasteiger partial charge in [-0.2, -0.15) is 5.10 Å². The number of thioether (sulfide) groups is 1. The minimum atomic E-state index is -0.220. The van der Waals surface area contributed by atoms with Crippen molar-refractivity contribution in [3.8, 4) is 0 Å². The fraction of sp³-hybridized carbons (Fsp3) is 0.0909. The number of carbonyl (C=O) groups is 1. The number of rotatable bonds is 6. The second-order valence-electron chi connectivity index (χ2n) is 6.09. The number of nitrogens with zero attached hydrogens (tertiary/aromatic N) is 1. The first-order valence-corrected chi connectivity index (χ1v) is 11.0. The topological polar surface area (TPSA) is 41.5 Å². The van der Waals surface area contributed by atoms with Crippen LogP contribution < -0.4 is 5.43 Å². The first-order valence-electron chi connectivity index (χ1n) is 8.59. The van der Waals surface area contributed by atoms with Crippen LogP contribution in [0.15, 0.2) is 82.8 Å². The molecule has 3 aromatic carbocycles. The number of hydrogen-bond acceptors (Lipinski definition) is 3. The van der Waals surface area contributed by atoms with Gasteiger partial charge in [-0.25, -0.2) is 5.43 Å². The maximum absolute atomic E-state index is 12.3. The van der Waals surface area contributed by atoms with Crippen molar-refractivity contribution in [2.24, 2.45) is 5.10 Å². The summed E-state index contributed by atoms with van der Waals surface area (Å²) in [6.45, 7) is 1.88. The number of benzene rings is 3. The quantitative estimate of drug-likeness (QED) is 0.177. The van der Waals surface area contributed by atoms with Crippen molar-refractivity contribution < 1.29 is 4.79 Å². The van der Waals surface area contributed by atoms with E-state index in [2.05, 4.69) is 33.1 Å². The molecule has 28 heavy (non-hydrogen) atoms. The van der Waals surface area contributed by atoms with Crippen LogP contribution >= 0.6 is 46.0 Å². The van der Waals surface area contributed by atoms with E-state index in [9.17, 15) is 4.79 Å². The van der Waals surface area contributed by atoms with Crippen LogP contribution in [0, 0.1) is 3.57 Å². The molecule has 0 saturated heterocycles. The van der Waals surface area contributed by atoms with Gasteiger partial charge in [0.1, 0.15) is 0 Å². The summed E-state index contributed by atoms with van der Waals surface area (Å²) in [6.07, 6.45) is 0. The van der Waals surface area contributed by atoms with Crippen molar-refractivity contribution in [2.75, 3.05) is 0 Å². The first-order chi connectivity index (χ1) is 13.5. The van der Waals surface area contributed by atoms with E-state index in [1.54, 1.807) is 11.8 Å². The van der Waals surface area contributed by atoms with E-state index in [1.807, 2.05) is 79.7 Å². The SMILES string of the molecule is C/C(=N/NC(=O)c1ccc(CSc2ccc(Cl)cc2)cc1)c1cccc(I)c1. The molecule has 0 heterocycles. The lowest BCUT2D eigenvalue weighted by atomic mass is 10.1. The van der Waals surface area contributed by atoms with Gasteiger partial charge in [-0.15, -0.1) is 11.8 Å². The molecule has 3 rings (SSSR count). The summed E-state index contributed by atoms with van der Waals surface area (Å²) in [7, 11) is 0. The van der Waals surface area contributed by atoms with Crippen molar-refractivity contribution in [1.29, 1.82) is 0 Å². The van der Waals surface area contributed by atoms with Crippen molar-refractivity contribution in [3.05, 3.63) is 98.1 Å². The van der Waals surface area contributed by atoms with Crippen molar-refractivity contribution in [3.63, 3.8) is 0 Å². The second-order valence-corrected chi connectivity index (χ2v) is 8.82. The molecule has 0 saturated carbocycles. The van der Waals surface area contributed by atoms with Gasteiger partial charge in [0.2, 0.25) is 0 Å². The van der Waals surface area contributed by atoms with Gasteiger partial charge < -0.3 is 0 Å².